The minimum absolute atomic E-state index is 0.771. The van der Waals surface area contributed by atoms with E-state index in [1.165, 1.54) is 24.9 Å². The van der Waals surface area contributed by atoms with Gasteiger partial charge in [0.1, 0.15) is 0 Å². The van der Waals surface area contributed by atoms with Gasteiger partial charge in [-0.25, -0.2) is 0 Å². The highest BCUT2D eigenvalue weighted by Crippen LogP contribution is 2.32. The van der Waals surface area contributed by atoms with Crippen LogP contribution in [0.25, 0.3) is 0 Å². The Morgan fingerprint density at radius 2 is 1.46 bits per heavy atom. The minimum Gasteiger partial charge on any atom is -0.417 e. The van der Waals surface area contributed by atoms with Crippen molar-refractivity contribution in [3.05, 3.63) is 0 Å². The Kier molecular flexibility index (Phi) is 6.69. The number of hydrogen-bond acceptors (Lipinski definition) is 1. The molecule has 0 N–H and O–H groups in total. The summed E-state index contributed by atoms with van der Waals surface area (Å²) in [5.74, 6) is 0. The van der Waals surface area contributed by atoms with E-state index in [-0.39, 0.29) is 0 Å². The second-order valence-electron chi connectivity index (χ2n) is 4.15. The molecule has 0 aromatic carbocycles. The van der Waals surface area contributed by atoms with Crippen molar-refractivity contribution in [3.63, 3.8) is 0 Å². The van der Waals surface area contributed by atoms with Gasteiger partial charge in [-0.2, -0.15) is 0 Å². The highest BCUT2D eigenvalue weighted by atomic mass is 28.4. The lowest BCUT2D eigenvalue weighted by Gasteiger charge is -2.34. The van der Waals surface area contributed by atoms with Crippen LogP contribution < -0.4 is 0 Å². The third-order valence-electron chi connectivity index (χ3n) is 2.83. The van der Waals surface area contributed by atoms with E-state index >= 15 is 0 Å². The molecule has 0 aliphatic heterocycles. The molecule has 0 heterocycles. The van der Waals surface area contributed by atoms with Crippen LogP contribution in [0.1, 0.15) is 47.5 Å². The van der Waals surface area contributed by atoms with E-state index in [4.69, 9.17) is 4.43 Å². The van der Waals surface area contributed by atoms with Crippen molar-refractivity contribution < 1.29 is 4.43 Å². The molecule has 2 heteroatoms. The summed E-state index contributed by atoms with van der Waals surface area (Å²) >= 11 is 0. The average molecular weight is 202 g/mol. The first-order valence-corrected chi connectivity index (χ1v) is 8.16. The lowest BCUT2D eigenvalue weighted by atomic mass is 10.5. The van der Waals surface area contributed by atoms with Crippen LogP contribution in [0.3, 0.4) is 0 Å². The molecule has 0 saturated carbocycles. The zero-order valence-electron chi connectivity index (χ0n) is 10.0. The molecule has 80 valence electrons. The first kappa shape index (κ1) is 13.2. The van der Waals surface area contributed by atoms with Crippen molar-refractivity contribution >= 4 is 8.32 Å². The van der Waals surface area contributed by atoms with Gasteiger partial charge in [0.05, 0.1) is 0 Å². The summed E-state index contributed by atoms with van der Waals surface area (Å²) in [4.78, 5) is 0. The topological polar surface area (TPSA) is 9.23 Å². The van der Waals surface area contributed by atoms with Gasteiger partial charge >= 0.3 is 0 Å². The lowest BCUT2D eigenvalue weighted by molar-refractivity contribution is 0.310. The molecular formula is C11H26OSi. The van der Waals surface area contributed by atoms with E-state index in [1.807, 2.05) is 0 Å². The van der Waals surface area contributed by atoms with Crippen molar-refractivity contribution in [3.8, 4) is 0 Å². The average Bonchev–Trinajstić information content (AvgIpc) is 2.05. The molecular weight excluding hydrogens is 176 g/mol. The van der Waals surface area contributed by atoms with Gasteiger partial charge in [0.2, 0.25) is 0 Å². The predicted octanol–water partition coefficient (Wildman–Crippen LogP) is 4.20. The van der Waals surface area contributed by atoms with Crippen molar-refractivity contribution in [2.24, 2.45) is 0 Å². The first-order valence-electron chi connectivity index (χ1n) is 5.76. The molecule has 13 heavy (non-hydrogen) atoms. The van der Waals surface area contributed by atoms with E-state index in [9.17, 15) is 0 Å². The lowest BCUT2D eigenvalue weighted by Crippen LogP contribution is -2.41. The smallest absolute Gasteiger partial charge is 0.195 e. The van der Waals surface area contributed by atoms with E-state index in [1.54, 1.807) is 0 Å². The van der Waals surface area contributed by atoms with Gasteiger partial charge < -0.3 is 4.43 Å². The summed E-state index contributed by atoms with van der Waals surface area (Å²) in [5.41, 5.74) is 0.771. The first-order chi connectivity index (χ1) is 6.13. The van der Waals surface area contributed by atoms with E-state index < -0.39 is 8.32 Å². The Morgan fingerprint density at radius 1 is 1.00 bits per heavy atom. The quantitative estimate of drug-likeness (QED) is 0.562. The molecule has 0 rings (SSSR count). The van der Waals surface area contributed by atoms with Crippen LogP contribution in [0.4, 0.5) is 0 Å². The number of rotatable bonds is 7. The van der Waals surface area contributed by atoms with Crippen LogP contribution in [0.2, 0.25) is 17.6 Å². The maximum absolute atomic E-state index is 6.11. The van der Waals surface area contributed by atoms with Crippen molar-refractivity contribution in [1.82, 2.24) is 0 Å². The number of hydrogen-bond donors (Lipinski definition) is 0. The fourth-order valence-corrected chi connectivity index (χ4v) is 6.44. The van der Waals surface area contributed by atoms with Gasteiger partial charge in [0, 0.05) is 6.61 Å². The van der Waals surface area contributed by atoms with Gasteiger partial charge in [-0.1, -0.05) is 40.5 Å². The molecule has 0 bridgehead atoms. The SMILES string of the molecule is CCC[Si](CCC)(OCC)C(C)C. The highest BCUT2D eigenvalue weighted by molar-refractivity contribution is 6.75. The molecule has 0 aliphatic carbocycles. The van der Waals surface area contributed by atoms with Crippen molar-refractivity contribution in [2.45, 2.75) is 65.1 Å². The third-order valence-corrected chi connectivity index (χ3v) is 8.49. The van der Waals surface area contributed by atoms with Gasteiger partial charge in [0.15, 0.2) is 8.32 Å². The van der Waals surface area contributed by atoms with Crippen LogP contribution in [0, 0.1) is 0 Å². The van der Waals surface area contributed by atoms with E-state index in [0.29, 0.717) is 0 Å². The zero-order valence-corrected chi connectivity index (χ0v) is 11.0. The van der Waals surface area contributed by atoms with Crippen molar-refractivity contribution in [1.29, 1.82) is 0 Å². The molecule has 0 amide bonds. The van der Waals surface area contributed by atoms with Crippen molar-refractivity contribution in [2.75, 3.05) is 6.61 Å². The fraction of sp³-hybridized carbons (Fsp3) is 1.00. The molecule has 0 aromatic heterocycles. The minimum atomic E-state index is -1.37. The summed E-state index contributed by atoms with van der Waals surface area (Å²) in [7, 11) is -1.37. The van der Waals surface area contributed by atoms with Gasteiger partial charge in [-0.15, -0.1) is 0 Å². The van der Waals surface area contributed by atoms with Gasteiger partial charge in [-0.05, 0) is 24.6 Å². The maximum atomic E-state index is 6.11. The molecule has 1 nitrogen and oxygen atoms in total. The van der Waals surface area contributed by atoms with Gasteiger partial charge in [0.25, 0.3) is 0 Å². The second-order valence-corrected chi connectivity index (χ2v) is 8.73. The monoisotopic (exact) mass is 202 g/mol. The summed E-state index contributed by atoms with van der Waals surface area (Å²) in [6, 6.07) is 2.68. The van der Waals surface area contributed by atoms with Gasteiger partial charge in [-0.3, -0.25) is 0 Å². The molecule has 0 unspecified atom stereocenters. The van der Waals surface area contributed by atoms with Crippen LogP contribution in [-0.2, 0) is 4.43 Å². The predicted molar refractivity (Wildman–Crippen MR) is 62.7 cm³/mol. The third kappa shape index (κ3) is 3.82. The Morgan fingerprint density at radius 3 is 1.69 bits per heavy atom. The Bertz CT molecular complexity index is 106. The van der Waals surface area contributed by atoms with Crippen LogP contribution >= 0.6 is 0 Å². The second kappa shape index (κ2) is 6.60. The van der Waals surface area contributed by atoms with E-state index in [2.05, 4.69) is 34.6 Å². The normalized spacial score (nSPS) is 12.5. The van der Waals surface area contributed by atoms with Crippen LogP contribution in [0.15, 0.2) is 0 Å². The fourth-order valence-electron chi connectivity index (χ4n) is 2.15. The van der Waals surface area contributed by atoms with Crippen LogP contribution in [-0.4, -0.2) is 14.9 Å². The molecule has 0 fully saturated rings. The molecule has 0 radical (unpaired) electrons. The molecule has 0 saturated heterocycles. The molecule has 0 aromatic rings. The van der Waals surface area contributed by atoms with E-state index in [0.717, 1.165) is 12.1 Å². The zero-order chi connectivity index (χ0) is 10.3. The molecule has 0 spiro atoms. The highest BCUT2D eigenvalue weighted by Gasteiger charge is 2.36. The Balaban J connectivity index is 4.38. The van der Waals surface area contributed by atoms with Crippen LogP contribution in [0.5, 0.6) is 0 Å². The summed E-state index contributed by atoms with van der Waals surface area (Å²) in [5, 5.41) is 0. The molecule has 0 aliphatic rings. The Labute approximate surface area is 85.0 Å². The Hall–Kier alpha value is 0.177. The summed E-state index contributed by atoms with van der Waals surface area (Å²) < 4.78 is 6.11. The standard InChI is InChI=1S/C11H26OSi/c1-6-9-13(10-7-2,11(4)5)12-8-3/h11H,6-10H2,1-5H3. The largest absolute Gasteiger partial charge is 0.417 e. The summed E-state index contributed by atoms with van der Waals surface area (Å²) in [6.07, 6.45) is 2.56. The summed E-state index contributed by atoms with van der Waals surface area (Å²) in [6.45, 7) is 12.3. The molecule has 0 atom stereocenters. The maximum Gasteiger partial charge on any atom is 0.195 e.